The molecule has 148 valence electrons. The molecular weight excluding hydrogens is 403 g/mol. The number of hydrogen-bond donors (Lipinski definition) is 1. The second-order valence-electron chi connectivity index (χ2n) is 5.63. The van der Waals surface area contributed by atoms with Crippen molar-refractivity contribution in [3.63, 3.8) is 0 Å². The average molecular weight is 423 g/mol. The van der Waals surface area contributed by atoms with Crippen LogP contribution in [0.2, 0.25) is 5.02 Å². The summed E-state index contributed by atoms with van der Waals surface area (Å²) in [5, 5.41) is 3.06. The molecule has 8 heteroatoms. The van der Waals surface area contributed by atoms with Gasteiger partial charge in [0.2, 0.25) is 5.91 Å². The first-order valence-corrected chi connectivity index (χ1v) is 8.62. The van der Waals surface area contributed by atoms with Crippen molar-refractivity contribution in [1.82, 2.24) is 4.90 Å². The number of nitrogens with zero attached hydrogens (tertiary/aromatic N) is 1. The minimum Gasteiger partial charge on any atom is -0.471 e. The van der Waals surface area contributed by atoms with Crippen LogP contribution in [0.3, 0.4) is 0 Å². The molecule has 2 aromatic rings. The number of benzene rings is 2. The Balaban J connectivity index is 0.00000392. The van der Waals surface area contributed by atoms with E-state index in [1.165, 1.54) is 18.0 Å². The molecule has 0 spiro atoms. The zero-order valence-corrected chi connectivity index (χ0v) is 17.0. The minimum atomic E-state index is -0.422. The highest BCUT2D eigenvalue weighted by Gasteiger charge is 2.17. The molecule has 0 saturated heterocycles. The van der Waals surface area contributed by atoms with Gasteiger partial charge in [0, 0.05) is 23.2 Å². The maximum absolute atomic E-state index is 12.8. The molecule has 28 heavy (non-hydrogen) atoms. The van der Waals surface area contributed by atoms with Crippen molar-refractivity contribution in [1.29, 1.82) is 0 Å². The van der Waals surface area contributed by atoms with Crippen LogP contribution in [0, 0.1) is 0 Å². The SMILES string of the molecule is CCOC(=C=O)N(C)CC(=O)Nc1ccc(Cl)cc1C(=O)c1ccccc1.Cl. The van der Waals surface area contributed by atoms with E-state index in [0.29, 0.717) is 16.3 Å². The fourth-order valence-electron chi connectivity index (χ4n) is 2.39. The lowest BCUT2D eigenvalue weighted by Crippen LogP contribution is -2.31. The van der Waals surface area contributed by atoms with Crippen LogP contribution in [0.15, 0.2) is 54.4 Å². The average Bonchev–Trinajstić information content (AvgIpc) is 2.67. The lowest BCUT2D eigenvalue weighted by Gasteiger charge is -2.19. The molecule has 0 aromatic heterocycles. The summed E-state index contributed by atoms with van der Waals surface area (Å²) >= 11 is 6.03. The number of ether oxygens (including phenoxy) is 1. The zero-order chi connectivity index (χ0) is 19.8. The Morgan fingerprint density at radius 2 is 1.86 bits per heavy atom. The number of likely N-dealkylation sites (N-methyl/N-ethyl adjacent to an activating group) is 1. The van der Waals surface area contributed by atoms with Crippen molar-refractivity contribution in [3.05, 3.63) is 70.6 Å². The molecule has 0 aliphatic rings. The summed E-state index contributed by atoms with van der Waals surface area (Å²) in [5.74, 6) is 0.902. The van der Waals surface area contributed by atoms with E-state index in [9.17, 15) is 14.4 Å². The van der Waals surface area contributed by atoms with Crippen molar-refractivity contribution < 1.29 is 19.1 Å². The molecule has 0 bridgehead atoms. The molecule has 0 heterocycles. The van der Waals surface area contributed by atoms with E-state index >= 15 is 0 Å². The van der Waals surface area contributed by atoms with Gasteiger partial charge in [0.05, 0.1) is 12.3 Å². The Hall–Kier alpha value is -2.79. The van der Waals surface area contributed by atoms with Gasteiger partial charge in [0.15, 0.2) is 11.7 Å². The number of carbonyl (C=O) groups is 2. The Morgan fingerprint density at radius 1 is 1.18 bits per heavy atom. The summed E-state index contributed by atoms with van der Waals surface area (Å²) in [5.41, 5.74) is 1.09. The van der Waals surface area contributed by atoms with Crippen molar-refractivity contribution >= 4 is 47.3 Å². The highest BCUT2D eigenvalue weighted by atomic mass is 35.5. The number of anilines is 1. The predicted molar refractivity (Wildman–Crippen MR) is 111 cm³/mol. The van der Waals surface area contributed by atoms with Gasteiger partial charge in [-0.2, -0.15) is 0 Å². The number of halogens is 2. The van der Waals surface area contributed by atoms with Gasteiger partial charge in [0.1, 0.15) is 6.54 Å². The van der Waals surface area contributed by atoms with Crippen LogP contribution in [0.5, 0.6) is 0 Å². The molecule has 6 nitrogen and oxygen atoms in total. The van der Waals surface area contributed by atoms with Gasteiger partial charge in [-0.3, -0.25) is 9.59 Å². The second-order valence-corrected chi connectivity index (χ2v) is 6.07. The van der Waals surface area contributed by atoms with Crippen molar-refractivity contribution in [3.8, 4) is 0 Å². The van der Waals surface area contributed by atoms with Gasteiger partial charge in [-0.15, -0.1) is 12.4 Å². The molecule has 0 aliphatic heterocycles. The maximum Gasteiger partial charge on any atom is 0.278 e. The first-order chi connectivity index (χ1) is 13.0. The Morgan fingerprint density at radius 3 is 2.46 bits per heavy atom. The summed E-state index contributed by atoms with van der Waals surface area (Å²) < 4.78 is 5.11. The molecule has 0 fully saturated rings. The fourth-order valence-corrected chi connectivity index (χ4v) is 2.56. The van der Waals surface area contributed by atoms with Gasteiger partial charge in [-0.05, 0) is 25.1 Å². The maximum atomic E-state index is 12.8. The standard InChI is InChI=1S/C20H19ClN2O4.ClH/c1-3-27-19(13-24)23(2)12-18(25)22-17-10-9-15(21)11-16(17)20(26)14-7-5-4-6-8-14;/h4-11H,3,12H2,1-2H3,(H,22,25);1H. The lowest BCUT2D eigenvalue weighted by molar-refractivity contribution is -0.117. The fraction of sp³-hybridized carbons (Fsp3) is 0.200. The van der Waals surface area contributed by atoms with Crippen LogP contribution in [-0.4, -0.2) is 42.7 Å². The Bertz CT molecular complexity index is 881. The highest BCUT2D eigenvalue weighted by Crippen LogP contribution is 2.24. The molecule has 0 radical (unpaired) electrons. The molecule has 2 rings (SSSR count). The van der Waals surface area contributed by atoms with E-state index in [0.717, 1.165) is 0 Å². The first-order valence-electron chi connectivity index (χ1n) is 8.24. The third kappa shape index (κ3) is 6.13. The first kappa shape index (κ1) is 23.2. The van der Waals surface area contributed by atoms with Crippen LogP contribution >= 0.6 is 24.0 Å². The molecular formula is C20H20Cl2N2O4. The largest absolute Gasteiger partial charge is 0.471 e. The van der Waals surface area contributed by atoms with Crippen molar-refractivity contribution in [2.45, 2.75) is 6.92 Å². The molecule has 0 aliphatic carbocycles. The molecule has 0 saturated carbocycles. The molecule has 1 N–H and O–H groups in total. The van der Waals surface area contributed by atoms with Crippen LogP contribution in [0.1, 0.15) is 22.8 Å². The second kappa shape index (κ2) is 11.1. The number of ketones is 1. The normalized spacial score (nSPS) is 9.54. The number of nitrogens with one attached hydrogen (secondary N) is 1. The van der Waals surface area contributed by atoms with Crippen molar-refractivity contribution in [2.24, 2.45) is 0 Å². The zero-order valence-electron chi connectivity index (χ0n) is 15.4. The third-order valence-electron chi connectivity index (χ3n) is 3.63. The summed E-state index contributed by atoms with van der Waals surface area (Å²) in [7, 11) is 1.54. The number of carbonyl (C=O) groups excluding carboxylic acids is 3. The third-order valence-corrected chi connectivity index (χ3v) is 3.87. The lowest BCUT2D eigenvalue weighted by atomic mass is 10.0. The summed E-state index contributed by atoms with van der Waals surface area (Å²) in [6.45, 7) is 1.86. The van der Waals surface area contributed by atoms with E-state index in [-0.39, 0.29) is 42.8 Å². The predicted octanol–water partition coefficient (Wildman–Crippen LogP) is 3.57. The Kier molecular flexibility index (Phi) is 9.25. The van der Waals surface area contributed by atoms with Gasteiger partial charge in [0.25, 0.3) is 5.88 Å². The summed E-state index contributed by atoms with van der Waals surface area (Å²) in [6, 6.07) is 13.3. The summed E-state index contributed by atoms with van der Waals surface area (Å²) in [4.78, 5) is 37.3. The van der Waals surface area contributed by atoms with E-state index in [1.807, 2.05) is 6.07 Å². The molecule has 2 aromatic carbocycles. The quantitative estimate of drug-likeness (QED) is 0.399. The van der Waals surface area contributed by atoms with Crippen LogP contribution in [-0.2, 0) is 14.3 Å². The molecule has 0 atom stereocenters. The van der Waals surface area contributed by atoms with Gasteiger partial charge in [-0.1, -0.05) is 41.9 Å². The number of amides is 1. The van der Waals surface area contributed by atoms with E-state index < -0.39 is 5.91 Å². The molecule has 0 unspecified atom stereocenters. The summed E-state index contributed by atoms with van der Waals surface area (Å²) in [6.07, 6.45) is 0. The van der Waals surface area contributed by atoms with E-state index in [2.05, 4.69) is 5.32 Å². The molecule has 1 amide bonds. The number of hydrogen-bond acceptors (Lipinski definition) is 5. The topological polar surface area (TPSA) is 75.7 Å². The smallest absolute Gasteiger partial charge is 0.278 e. The van der Waals surface area contributed by atoms with E-state index in [4.69, 9.17) is 16.3 Å². The highest BCUT2D eigenvalue weighted by molar-refractivity contribution is 6.31. The monoisotopic (exact) mass is 422 g/mol. The van der Waals surface area contributed by atoms with Crippen molar-refractivity contribution in [2.75, 3.05) is 25.5 Å². The van der Waals surface area contributed by atoms with Crippen LogP contribution in [0.25, 0.3) is 0 Å². The Labute approximate surface area is 174 Å². The number of rotatable bonds is 8. The van der Waals surface area contributed by atoms with Gasteiger partial charge < -0.3 is 15.0 Å². The van der Waals surface area contributed by atoms with Gasteiger partial charge >= 0.3 is 0 Å². The van der Waals surface area contributed by atoms with E-state index in [1.54, 1.807) is 49.3 Å². The van der Waals surface area contributed by atoms with Gasteiger partial charge in [-0.25, -0.2) is 4.79 Å². The van der Waals surface area contributed by atoms with Crippen LogP contribution in [0.4, 0.5) is 5.69 Å². The minimum absolute atomic E-state index is 0. The van der Waals surface area contributed by atoms with Crippen LogP contribution < -0.4 is 5.32 Å².